The van der Waals surface area contributed by atoms with Gasteiger partial charge in [-0.25, -0.2) is 4.39 Å². The summed E-state index contributed by atoms with van der Waals surface area (Å²) >= 11 is 0. The number of aliphatic hydroxyl groups excluding tert-OH is 1. The normalized spacial score (nSPS) is 12.3. The van der Waals surface area contributed by atoms with Gasteiger partial charge in [0.1, 0.15) is 6.67 Å². The summed E-state index contributed by atoms with van der Waals surface area (Å²) in [7, 11) is 0.500. The van der Waals surface area contributed by atoms with Crippen LogP contribution in [0.1, 0.15) is 13.8 Å². The van der Waals surface area contributed by atoms with Gasteiger partial charge < -0.3 is 5.11 Å². The fraction of sp³-hybridized carbons (Fsp3) is 1.00. The topological polar surface area (TPSA) is 20.2 Å². The van der Waals surface area contributed by atoms with Gasteiger partial charge in [-0.05, 0) is 5.92 Å². The van der Waals surface area contributed by atoms with E-state index in [1.54, 1.807) is 13.8 Å². The lowest BCUT2D eigenvalue weighted by Gasteiger charge is -2.07. The van der Waals surface area contributed by atoms with Crippen LogP contribution in [0.4, 0.5) is 8.78 Å². The van der Waals surface area contributed by atoms with Crippen LogP contribution < -0.4 is 0 Å². The molecule has 0 aromatic heterocycles. The Morgan fingerprint density at radius 1 is 1.33 bits per heavy atom. The Labute approximate surface area is 54.7 Å². The predicted octanol–water partition coefficient (Wildman–Crippen LogP) is 1.56. The molecule has 1 atom stereocenters. The Morgan fingerprint density at radius 2 is 1.67 bits per heavy atom. The van der Waals surface area contributed by atoms with Crippen LogP contribution in [0, 0.1) is 5.92 Å². The zero-order valence-electron chi connectivity index (χ0n) is 6.06. The molecule has 0 spiro atoms. The van der Waals surface area contributed by atoms with Crippen LogP contribution in [0.2, 0.25) is 0 Å². The van der Waals surface area contributed by atoms with E-state index in [0.717, 1.165) is 0 Å². The first kappa shape index (κ1) is 11.6. The predicted molar refractivity (Wildman–Crippen MR) is 33.9 cm³/mol. The van der Waals surface area contributed by atoms with Gasteiger partial charge in [0, 0.05) is 0 Å². The highest BCUT2D eigenvalue weighted by Crippen LogP contribution is 1.99. The van der Waals surface area contributed by atoms with Crippen LogP contribution in [0.25, 0.3) is 0 Å². The third-order valence-corrected chi connectivity index (χ3v) is 0.928. The minimum absolute atomic E-state index is 0.0463. The first-order valence-corrected chi connectivity index (χ1v) is 2.80. The van der Waals surface area contributed by atoms with Gasteiger partial charge in [-0.2, -0.15) is 0 Å². The maximum Gasteiger partial charge on any atom is 0.116 e. The van der Waals surface area contributed by atoms with Crippen molar-refractivity contribution in [2.75, 3.05) is 13.9 Å². The largest absolute Gasteiger partial charge is 0.390 e. The molecular weight excluding hydrogens is 126 g/mol. The lowest BCUT2D eigenvalue weighted by atomic mass is 10.1. The number of hydrogen-bond donors (Lipinski definition) is 1. The van der Waals surface area contributed by atoms with Gasteiger partial charge in [-0.3, -0.25) is 4.39 Å². The Morgan fingerprint density at radius 3 is 1.67 bits per heavy atom. The number of hydrogen-bond acceptors (Lipinski definition) is 1. The molecular formula is C6H14F2O. The minimum atomic E-state index is -0.764. The van der Waals surface area contributed by atoms with E-state index in [1.165, 1.54) is 0 Å². The van der Waals surface area contributed by atoms with E-state index in [-0.39, 0.29) is 5.92 Å². The van der Waals surface area contributed by atoms with Crippen molar-refractivity contribution in [1.82, 2.24) is 0 Å². The van der Waals surface area contributed by atoms with Crippen LogP contribution in [-0.2, 0) is 0 Å². The van der Waals surface area contributed by atoms with Crippen molar-refractivity contribution in [3.63, 3.8) is 0 Å². The lowest BCUT2D eigenvalue weighted by Crippen LogP contribution is -2.16. The molecule has 0 bridgehead atoms. The van der Waals surface area contributed by atoms with Gasteiger partial charge in [0.25, 0.3) is 0 Å². The van der Waals surface area contributed by atoms with Crippen molar-refractivity contribution in [3.8, 4) is 0 Å². The summed E-state index contributed by atoms with van der Waals surface area (Å²) in [5.74, 6) is 0.0463. The second kappa shape index (κ2) is 7.82. The highest BCUT2D eigenvalue weighted by molar-refractivity contribution is 4.55. The average molecular weight is 140 g/mol. The number of rotatable bonds is 2. The van der Waals surface area contributed by atoms with Crippen molar-refractivity contribution in [2.24, 2.45) is 5.92 Å². The Hall–Kier alpha value is -0.180. The molecule has 0 aliphatic rings. The third kappa shape index (κ3) is 7.82. The summed E-state index contributed by atoms with van der Waals surface area (Å²) in [5, 5.41) is 8.56. The molecule has 9 heavy (non-hydrogen) atoms. The molecule has 3 heteroatoms. The summed E-state index contributed by atoms with van der Waals surface area (Å²) in [6, 6.07) is 0. The fourth-order valence-electron chi connectivity index (χ4n) is 0.178. The van der Waals surface area contributed by atoms with Gasteiger partial charge in [0.15, 0.2) is 0 Å². The molecule has 1 nitrogen and oxygen atoms in total. The smallest absolute Gasteiger partial charge is 0.116 e. The van der Waals surface area contributed by atoms with Crippen molar-refractivity contribution < 1.29 is 13.9 Å². The number of aliphatic hydroxyl groups is 1. The van der Waals surface area contributed by atoms with Gasteiger partial charge >= 0.3 is 0 Å². The second-order valence-corrected chi connectivity index (χ2v) is 1.97. The molecule has 1 N–H and O–H groups in total. The Kier molecular flexibility index (Phi) is 10.1. The summed E-state index contributed by atoms with van der Waals surface area (Å²) in [5.41, 5.74) is 0. The summed E-state index contributed by atoms with van der Waals surface area (Å²) in [6.07, 6.45) is -0.764. The molecule has 0 amide bonds. The zero-order chi connectivity index (χ0) is 7.86. The molecule has 0 rings (SSSR count). The van der Waals surface area contributed by atoms with E-state index in [9.17, 15) is 8.78 Å². The van der Waals surface area contributed by atoms with Crippen LogP contribution in [0.3, 0.4) is 0 Å². The third-order valence-electron chi connectivity index (χ3n) is 0.928. The van der Waals surface area contributed by atoms with Crippen molar-refractivity contribution in [3.05, 3.63) is 0 Å². The Balaban J connectivity index is 0. The monoisotopic (exact) mass is 140 g/mol. The Bertz CT molecular complexity index is 48.3. The molecule has 0 radical (unpaired) electrons. The highest BCUT2D eigenvalue weighted by Gasteiger charge is 2.05. The SMILES string of the molecule is CC(C)C(O)CF.CF. The average Bonchev–Trinajstić information content (AvgIpc) is 1.91. The standard InChI is InChI=1S/C5H11FO.CH3F/c1-4(2)5(7)3-6;1-2/h4-5,7H,3H2,1-2H3;1H3. The quantitative estimate of drug-likeness (QED) is 0.617. The molecule has 0 saturated carbocycles. The molecule has 0 saturated heterocycles. The summed E-state index contributed by atoms with van der Waals surface area (Å²) < 4.78 is 20.9. The summed E-state index contributed by atoms with van der Waals surface area (Å²) in [6.45, 7) is 2.94. The second-order valence-electron chi connectivity index (χ2n) is 1.97. The summed E-state index contributed by atoms with van der Waals surface area (Å²) in [4.78, 5) is 0. The first-order chi connectivity index (χ1) is 4.18. The van der Waals surface area contributed by atoms with E-state index in [2.05, 4.69) is 0 Å². The van der Waals surface area contributed by atoms with Gasteiger partial charge in [-0.15, -0.1) is 0 Å². The van der Waals surface area contributed by atoms with Crippen LogP contribution in [-0.4, -0.2) is 25.1 Å². The number of alkyl halides is 2. The van der Waals surface area contributed by atoms with E-state index < -0.39 is 12.8 Å². The van der Waals surface area contributed by atoms with E-state index in [4.69, 9.17) is 5.11 Å². The van der Waals surface area contributed by atoms with Crippen LogP contribution in [0.5, 0.6) is 0 Å². The van der Waals surface area contributed by atoms with E-state index >= 15 is 0 Å². The van der Waals surface area contributed by atoms with E-state index in [1.807, 2.05) is 0 Å². The molecule has 0 aromatic rings. The first-order valence-electron chi connectivity index (χ1n) is 2.80. The zero-order valence-corrected chi connectivity index (χ0v) is 6.06. The van der Waals surface area contributed by atoms with E-state index in [0.29, 0.717) is 7.18 Å². The van der Waals surface area contributed by atoms with Crippen molar-refractivity contribution in [2.45, 2.75) is 20.0 Å². The van der Waals surface area contributed by atoms with Gasteiger partial charge in [0.05, 0.1) is 13.3 Å². The molecule has 58 valence electrons. The molecule has 0 aliphatic carbocycles. The highest BCUT2D eigenvalue weighted by atomic mass is 19.1. The van der Waals surface area contributed by atoms with Gasteiger partial charge in [0.2, 0.25) is 0 Å². The molecule has 0 fully saturated rings. The van der Waals surface area contributed by atoms with Crippen molar-refractivity contribution >= 4 is 0 Å². The molecule has 0 aromatic carbocycles. The maximum absolute atomic E-state index is 11.4. The lowest BCUT2D eigenvalue weighted by molar-refractivity contribution is 0.0961. The van der Waals surface area contributed by atoms with Gasteiger partial charge in [-0.1, -0.05) is 13.8 Å². The molecule has 0 aliphatic heterocycles. The fourth-order valence-corrected chi connectivity index (χ4v) is 0.178. The maximum atomic E-state index is 11.4. The van der Waals surface area contributed by atoms with Crippen molar-refractivity contribution in [1.29, 1.82) is 0 Å². The minimum Gasteiger partial charge on any atom is -0.390 e. The molecule has 0 heterocycles. The van der Waals surface area contributed by atoms with Crippen LogP contribution in [0.15, 0.2) is 0 Å². The van der Waals surface area contributed by atoms with Crippen LogP contribution >= 0.6 is 0 Å². The molecule has 1 unspecified atom stereocenters. The number of halogens is 2.